The van der Waals surface area contributed by atoms with E-state index in [-0.39, 0.29) is 11.2 Å². The lowest BCUT2D eigenvalue weighted by atomic mass is 9.81. The molecular formula is C22H29NO3S. The smallest absolute Gasteiger partial charge is 0.181 e. The van der Waals surface area contributed by atoms with Crippen LogP contribution >= 0.6 is 0 Å². The minimum atomic E-state index is -3.42. The van der Waals surface area contributed by atoms with E-state index in [0.717, 1.165) is 37.1 Å². The molecule has 3 rings (SSSR count). The molecule has 0 spiro atoms. The second-order valence-electron chi connectivity index (χ2n) is 7.47. The van der Waals surface area contributed by atoms with Crippen molar-refractivity contribution in [2.45, 2.75) is 44.4 Å². The van der Waals surface area contributed by atoms with Crippen molar-refractivity contribution in [3.05, 3.63) is 48.5 Å². The van der Waals surface area contributed by atoms with Gasteiger partial charge in [0.1, 0.15) is 5.75 Å². The Labute approximate surface area is 163 Å². The quantitative estimate of drug-likeness (QED) is 0.683. The van der Waals surface area contributed by atoms with Gasteiger partial charge in [-0.1, -0.05) is 44.9 Å². The largest absolute Gasteiger partial charge is 0.497 e. The van der Waals surface area contributed by atoms with Crippen molar-refractivity contribution >= 4 is 21.2 Å². The van der Waals surface area contributed by atoms with Gasteiger partial charge in [-0.3, -0.25) is 0 Å². The van der Waals surface area contributed by atoms with E-state index in [1.54, 1.807) is 13.2 Å². The molecule has 0 aliphatic carbocycles. The highest BCUT2D eigenvalue weighted by Crippen LogP contribution is 2.44. The van der Waals surface area contributed by atoms with Crippen molar-refractivity contribution in [2.24, 2.45) is 5.41 Å². The molecule has 1 unspecified atom stereocenters. The maximum Gasteiger partial charge on any atom is 0.181 e. The number of fused-ring (bicyclic) bond motifs is 1. The molecule has 1 aliphatic rings. The van der Waals surface area contributed by atoms with Gasteiger partial charge in [-0.05, 0) is 37.1 Å². The predicted octanol–water partition coefficient (Wildman–Crippen LogP) is 5.21. The summed E-state index contributed by atoms with van der Waals surface area (Å²) in [6.45, 7) is 4.97. The molecule has 1 aliphatic heterocycles. The number of rotatable bonds is 6. The zero-order valence-corrected chi connectivity index (χ0v) is 17.3. The first-order valence-electron chi connectivity index (χ1n) is 9.68. The number of hydrogen-bond acceptors (Lipinski definition) is 4. The van der Waals surface area contributed by atoms with E-state index < -0.39 is 9.84 Å². The Morgan fingerprint density at radius 2 is 1.85 bits per heavy atom. The molecule has 2 aromatic carbocycles. The monoisotopic (exact) mass is 387 g/mol. The third-order valence-corrected chi connectivity index (χ3v) is 7.65. The number of hydrogen-bond donors (Lipinski definition) is 0. The molecule has 0 radical (unpaired) electrons. The summed E-state index contributed by atoms with van der Waals surface area (Å²) in [5.41, 5.74) is 1.50. The first-order valence-corrected chi connectivity index (χ1v) is 11.3. The highest BCUT2D eigenvalue weighted by molar-refractivity contribution is 7.91. The van der Waals surface area contributed by atoms with Crippen molar-refractivity contribution < 1.29 is 13.2 Å². The minimum absolute atomic E-state index is 0.181. The summed E-state index contributed by atoms with van der Waals surface area (Å²) < 4.78 is 32.1. The van der Waals surface area contributed by atoms with E-state index in [2.05, 4.69) is 18.7 Å². The first-order chi connectivity index (χ1) is 12.9. The van der Waals surface area contributed by atoms with Gasteiger partial charge in [0.25, 0.3) is 0 Å². The molecule has 4 nitrogen and oxygen atoms in total. The third kappa shape index (κ3) is 3.98. The molecule has 0 amide bonds. The second kappa shape index (κ2) is 7.93. The van der Waals surface area contributed by atoms with Crippen LogP contribution in [-0.2, 0) is 9.84 Å². The summed E-state index contributed by atoms with van der Waals surface area (Å²) in [5, 5.41) is 0. The van der Waals surface area contributed by atoms with Crippen molar-refractivity contribution in [2.75, 3.05) is 24.3 Å². The molecule has 27 heavy (non-hydrogen) atoms. The van der Waals surface area contributed by atoms with Crippen LogP contribution in [0.25, 0.3) is 0 Å². The van der Waals surface area contributed by atoms with Crippen LogP contribution in [0, 0.1) is 5.41 Å². The summed E-state index contributed by atoms with van der Waals surface area (Å²) in [6, 6.07) is 15.5. The fourth-order valence-corrected chi connectivity index (χ4v) is 6.17. The van der Waals surface area contributed by atoms with Crippen LogP contribution in [0.2, 0.25) is 0 Å². The predicted molar refractivity (Wildman–Crippen MR) is 111 cm³/mol. The van der Waals surface area contributed by atoms with Crippen LogP contribution in [0.15, 0.2) is 53.4 Å². The molecule has 0 aromatic heterocycles. The average molecular weight is 388 g/mol. The second-order valence-corrected chi connectivity index (χ2v) is 9.43. The van der Waals surface area contributed by atoms with E-state index in [1.807, 2.05) is 42.5 Å². The maximum atomic E-state index is 13.4. The molecule has 2 aromatic rings. The molecule has 1 atom stereocenters. The summed E-state index contributed by atoms with van der Waals surface area (Å²) in [7, 11) is -1.86. The highest BCUT2D eigenvalue weighted by atomic mass is 32.2. The van der Waals surface area contributed by atoms with E-state index in [1.165, 1.54) is 0 Å². The molecule has 0 saturated carbocycles. The first kappa shape index (κ1) is 19.7. The lowest BCUT2D eigenvalue weighted by Crippen LogP contribution is -2.37. The number of sulfone groups is 1. The molecule has 5 heteroatoms. The van der Waals surface area contributed by atoms with Gasteiger partial charge in [-0.2, -0.15) is 0 Å². The molecular weight excluding hydrogens is 358 g/mol. The fourth-order valence-electron chi connectivity index (χ4n) is 3.97. The fraction of sp³-hybridized carbons (Fsp3) is 0.455. The minimum Gasteiger partial charge on any atom is -0.497 e. The molecule has 0 fully saturated rings. The Kier molecular flexibility index (Phi) is 5.80. The van der Waals surface area contributed by atoms with Crippen LogP contribution in [0.4, 0.5) is 11.4 Å². The van der Waals surface area contributed by atoms with Crippen LogP contribution in [0.5, 0.6) is 5.75 Å². The molecule has 0 bridgehead atoms. The normalized spacial score (nSPS) is 21.4. The summed E-state index contributed by atoms with van der Waals surface area (Å²) in [5.74, 6) is 0.753. The Morgan fingerprint density at radius 1 is 1.11 bits per heavy atom. The maximum absolute atomic E-state index is 13.4. The number of unbranched alkanes of at least 4 members (excludes halogenated alkanes) is 1. The SMILES string of the molecule is CCCCC1(CC)CN(c2ccccc2)c2ccc(OC)cc2S(=O)(=O)C1. The van der Waals surface area contributed by atoms with Crippen LogP contribution < -0.4 is 9.64 Å². The number of para-hydroxylation sites is 1. The molecule has 0 saturated heterocycles. The van der Waals surface area contributed by atoms with Gasteiger partial charge in [-0.25, -0.2) is 8.42 Å². The molecule has 1 heterocycles. The summed E-state index contributed by atoms with van der Waals surface area (Å²) in [4.78, 5) is 2.55. The molecule has 146 valence electrons. The van der Waals surface area contributed by atoms with Crippen molar-refractivity contribution in [3.8, 4) is 5.75 Å². The van der Waals surface area contributed by atoms with Gasteiger partial charge in [0, 0.05) is 23.7 Å². The Hall–Kier alpha value is -2.01. The number of anilines is 2. The average Bonchev–Trinajstić information content (AvgIpc) is 2.79. The van der Waals surface area contributed by atoms with Crippen LogP contribution in [-0.4, -0.2) is 27.8 Å². The Bertz CT molecular complexity index is 880. The van der Waals surface area contributed by atoms with E-state index in [9.17, 15) is 8.42 Å². The number of nitrogens with zero attached hydrogens (tertiary/aromatic N) is 1. The lowest BCUT2D eigenvalue weighted by Gasteiger charge is -2.36. The van der Waals surface area contributed by atoms with Crippen molar-refractivity contribution in [1.82, 2.24) is 0 Å². The topological polar surface area (TPSA) is 46.6 Å². The van der Waals surface area contributed by atoms with Gasteiger partial charge in [0.05, 0.1) is 23.4 Å². The van der Waals surface area contributed by atoms with Gasteiger partial charge in [0.15, 0.2) is 9.84 Å². The lowest BCUT2D eigenvalue weighted by molar-refractivity contribution is 0.290. The number of benzene rings is 2. The van der Waals surface area contributed by atoms with Gasteiger partial charge in [-0.15, -0.1) is 0 Å². The summed E-state index contributed by atoms with van der Waals surface area (Å²) >= 11 is 0. The van der Waals surface area contributed by atoms with Gasteiger partial charge >= 0.3 is 0 Å². The van der Waals surface area contributed by atoms with Crippen LogP contribution in [0.3, 0.4) is 0 Å². The molecule has 0 N–H and O–H groups in total. The number of ether oxygens (including phenoxy) is 1. The van der Waals surface area contributed by atoms with E-state index in [4.69, 9.17) is 4.74 Å². The number of methoxy groups -OCH3 is 1. The summed E-state index contributed by atoms with van der Waals surface area (Å²) in [6.07, 6.45) is 3.84. The standard InChI is InChI=1S/C22H29NO3S/c1-4-6-14-22(5-2)16-23(18-10-8-7-9-11-18)20-13-12-19(26-3)15-21(20)27(24,25)17-22/h7-13,15H,4-6,14,16-17H2,1-3H3. The zero-order chi connectivity index (χ0) is 19.5. The van der Waals surface area contributed by atoms with E-state index >= 15 is 0 Å². The van der Waals surface area contributed by atoms with Crippen LogP contribution in [0.1, 0.15) is 39.5 Å². The Balaban J connectivity index is 2.20. The third-order valence-electron chi connectivity index (χ3n) is 5.66. The van der Waals surface area contributed by atoms with E-state index in [0.29, 0.717) is 17.2 Å². The Morgan fingerprint density at radius 3 is 2.48 bits per heavy atom. The van der Waals surface area contributed by atoms with Gasteiger partial charge in [0.2, 0.25) is 0 Å². The van der Waals surface area contributed by atoms with Crippen molar-refractivity contribution in [3.63, 3.8) is 0 Å². The van der Waals surface area contributed by atoms with Gasteiger partial charge < -0.3 is 9.64 Å². The van der Waals surface area contributed by atoms with Crippen molar-refractivity contribution in [1.29, 1.82) is 0 Å². The highest BCUT2D eigenvalue weighted by Gasteiger charge is 2.41. The zero-order valence-electron chi connectivity index (χ0n) is 16.4.